The van der Waals surface area contributed by atoms with E-state index in [1.54, 1.807) is 6.07 Å². The molecule has 0 aliphatic carbocycles. The maximum atomic E-state index is 12.3. The van der Waals surface area contributed by atoms with Crippen LogP contribution in [-0.4, -0.2) is 28.5 Å². The number of fused-ring (bicyclic) bond motifs is 1. The minimum absolute atomic E-state index is 0.130. The van der Waals surface area contributed by atoms with Gasteiger partial charge in [0.15, 0.2) is 5.69 Å². The number of rotatable bonds is 3. The Kier molecular flexibility index (Phi) is 3.98. The number of benzene rings is 1. The van der Waals surface area contributed by atoms with Crippen LogP contribution in [0.5, 0.6) is 5.75 Å². The molecule has 23 heavy (non-hydrogen) atoms. The van der Waals surface area contributed by atoms with Gasteiger partial charge in [-0.3, -0.25) is 4.79 Å². The summed E-state index contributed by atoms with van der Waals surface area (Å²) in [6.07, 6.45) is 0. The molecule has 8 nitrogen and oxygen atoms in total. The molecule has 120 valence electrons. The summed E-state index contributed by atoms with van der Waals surface area (Å²) in [5, 5.41) is 16.8. The van der Waals surface area contributed by atoms with Gasteiger partial charge in [0.2, 0.25) is 0 Å². The summed E-state index contributed by atoms with van der Waals surface area (Å²) >= 11 is 0. The average molecular weight is 316 g/mol. The van der Waals surface area contributed by atoms with Gasteiger partial charge in [0.25, 0.3) is 5.91 Å². The van der Waals surface area contributed by atoms with E-state index in [2.05, 4.69) is 10.6 Å². The average Bonchev–Trinajstić information content (AvgIpc) is 2.76. The summed E-state index contributed by atoms with van der Waals surface area (Å²) in [4.78, 5) is 22.6. The monoisotopic (exact) mass is 316 g/mol. The number of ether oxygens (including phenoxy) is 1. The number of anilines is 1. The van der Waals surface area contributed by atoms with Crippen LogP contribution in [0.25, 0.3) is 0 Å². The molecule has 0 saturated heterocycles. The summed E-state index contributed by atoms with van der Waals surface area (Å²) < 4.78 is 6.84. The van der Waals surface area contributed by atoms with E-state index in [-0.39, 0.29) is 11.5 Å². The van der Waals surface area contributed by atoms with Crippen LogP contribution in [-0.2, 0) is 13.6 Å². The standard InChI is InChI=1S/C15H16N4O4/c1-18-12(3-5-14(18)19(21)22)15(20)17-11-2-4-13-10(8-11)9-16-6-7-23-13/h2-5,8,16H,6-7,9H2,1H3,(H,17,20). The fraction of sp³-hybridized carbons (Fsp3) is 0.267. The summed E-state index contributed by atoms with van der Waals surface area (Å²) in [5.41, 5.74) is 1.80. The first-order valence-corrected chi connectivity index (χ1v) is 7.14. The van der Waals surface area contributed by atoms with Crippen LogP contribution in [0.3, 0.4) is 0 Å². The molecular formula is C15H16N4O4. The largest absolute Gasteiger partial charge is 0.492 e. The molecule has 0 spiro atoms. The van der Waals surface area contributed by atoms with Gasteiger partial charge in [-0.25, -0.2) is 4.57 Å². The first kappa shape index (κ1) is 15.0. The predicted octanol–water partition coefficient (Wildman–Crippen LogP) is 1.67. The molecule has 0 atom stereocenters. The molecule has 8 heteroatoms. The van der Waals surface area contributed by atoms with E-state index < -0.39 is 10.8 Å². The molecule has 0 saturated carbocycles. The molecule has 2 N–H and O–H groups in total. The van der Waals surface area contributed by atoms with E-state index in [1.165, 1.54) is 23.7 Å². The highest BCUT2D eigenvalue weighted by Crippen LogP contribution is 2.25. The van der Waals surface area contributed by atoms with Crippen molar-refractivity contribution in [2.75, 3.05) is 18.5 Å². The number of amides is 1. The highest BCUT2D eigenvalue weighted by Gasteiger charge is 2.21. The second-order valence-electron chi connectivity index (χ2n) is 5.19. The highest BCUT2D eigenvalue weighted by molar-refractivity contribution is 6.03. The van der Waals surface area contributed by atoms with Gasteiger partial charge in [-0.15, -0.1) is 0 Å². The summed E-state index contributed by atoms with van der Waals surface area (Å²) in [5.74, 6) is 0.264. The zero-order chi connectivity index (χ0) is 16.4. The van der Waals surface area contributed by atoms with Crippen molar-refractivity contribution in [1.82, 2.24) is 9.88 Å². The van der Waals surface area contributed by atoms with Crippen LogP contribution in [0, 0.1) is 10.1 Å². The van der Waals surface area contributed by atoms with E-state index in [0.717, 1.165) is 17.9 Å². The van der Waals surface area contributed by atoms with Crippen LogP contribution in [0.15, 0.2) is 30.3 Å². The van der Waals surface area contributed by atoms with E-state index >= 15 is 0 Å². The lowest BCUT2D eigenvalue weighted by Gasteiger charge is -2.10. The third kappa shape index (κ3) is 3.02. The molecule has 2 heterocycles. The lowest BCUT2D eigenvalue weighted by molar-refractivity contribution is -0.391. The molecular weight excluding hydrogens is 300 g/mol. The van der Waals surface area contributed by atoms with Crippen LogP contribution < -0.4 is 15.4 Å². The molecule has 1 aromatic heterocycles. The van der Waals surface area contributed by atoms with Gasteiger partial charge in [0.05, 0.1) is 7.05 Å². The quantitative estimate of drug-likeness (QED) is 0.663. The molecule has 2 aromatic rings. The summed E-state index contributed by atoms with van der Waals surface area (Å²) in [6.45, 7) is 2.03. The maximum absolute atomic E-state index is 12.3. The number of nitrogens with one attached hydrogen (secondary N) is 2. The summed E-state index contributed by atoms with van der Waals surface area (Å²) in [7, 11) is 1.49. The Morgan fingerprint density at radius 2 is 2.22 bits per heavy atom. The Morgan fingerprint density at radius 3 is 2.96 bits per heavy atom. The zero-order valence-corrected chi connectivity index (χ0v) is 12.5. The number of nitro groups is 1. The van der Waals surface area contributed by atoms with Crippen molar-refractivity contribution in [2.24, 2.45) is 7.05 Å². The lowest BCUT2D eigenvalue weighted by atomic mass is 10.1. The molecule has 3 rings (SSSR count). The third-order valence-electron chi connectivity index (χ3n) is 3.69. The van der Waals surface area contributed by atoms with Crippen molar-refractivity contribution < 1.29 is 14.5 Å². The van der Waals surface area contributed by atoms with Crippen molar-refractivity contribution in [3.63, 3.8) is 0 Å². The molecule has 0 unspecified atom stereocenters. The van der Waals surface area contributed by atoms with Crippen molar-refractivity contribution in [1.29, 1.82) is 0 Å². The fourth-order valence-electron chi connectivity index (χ4n) is 2.50. The van der Waals surface area contributed by atoms with E-state index in [9.17, 15) is 14.9 Å². The number of carbonyl (C=O) groups excluding carboxylic acids is 1. The first-order valence-electron chi connectivity index (χ1n) is 7.14. The van der Waals surface area contributed by atoms with Crippen LogP contribution >= 0.6 is 0 Å². The Hall–Kier alpha value is -2.87. The van der Waals surface area contributed by atoms with Crippen molar-refractivity contribution in [2.45, 2.75) is 6.54 Å². The minimum atomic E-state index is -0.526. The Morgan fingerprint density at radius 1 is 1.39 bits per heavy atom. The fourth-order valence-corrected chi connectivity index (χ4v) is 2.50. The van der Waals surface area contributed by atoms with Crippen LogP contribution in [0.4, 0.5) is 11.5 Å². The Balaban J connectivity index is 1.80. The van der Waals surface area contributed by atoms with Gasteiger partial charge in [-0.2, -0.15) is 0 Å². The SMILES string of the molecule is Cn1c(C(=O)Nc2ccc3c(c2)CNCCO3)ccc1[N+](=O)[O-]. The van der Waals surface area contributed by atoms with Gasteiger partial charge >= 0.3 is 5.82 Å². The van der Waals surface area contributed by atoms with E-state index in [1.807, 2.05) is 12.1 Å². The Bertz CT molecular complexity index is 769. The third-order valence-corrected chi connectivity index (χ3v) is 3.69. The van der Waals surface area contributed by atoms with Gasteiger partial charge in [-0.05, 0) is 29.2 Å². The van der Waals surface area contributed by atoms with Gasteiger partial charge in [0, 0.05) is 30.4 Å². The number of hydrogen-bond acceptors (Lipinski definition) is 5. The van der Waals surface area contributed by atoms with E-state index in [4.69, 9.17) is 4.74 Å². The molecule has 0 bridgehead atoms. The molecule has 1 aliphatic rings. The predicted molar refractivity (Wildman–Crippen MR) is 83.7 cm³/mol. The zero-order valence-electron chi connectivity index (χ0n) is 12.5. The highest BCUT2D eigenvalue weighted by atomic mass is 16.6. The van der Waals surface area contributed by atoms with Crippen molar-refractivity contribution in [3.8, 4) is 5.75 Å². The smallest absolute Gasteiger partial charge is 0.323 e. The number of hydrogen-bond donors (Lipinski definition) is 2. The Labute approximate surface area is 132 Å². The molecule has 1 aromatic carbocycles. The van der Waals surface area contributed by atoms with Crippen molar-refractivity contribution in [3.05, 3.63) is 51.7 Å². The van der Waals surface area contributed by atoms with Gasteiger partial charge < -0.3 is 25.5 Å². The number of aromatic nitrogens is 1. The lowest BCUT2D eigenvalue weighted by Crippen LogP contribution is -2.17. The van der Waals surface area contributed by atoms with Gasteiger partial charge in [0.1, 0.15) is 12.4 Å². The molecule has 1 aliphatic heterocycles. The number of carbonyl (C=O) groups is 1. The molecule has 1 amide bonds. The van der Waals surface area contributed by atoms with E-state index in [0.29, 0.717) is 18.8 Å². The van der Waals surface area contributed by atoms with Crippen LogP contribution in [0.1, 0.15) is 16.1 Å². The number of nitrogens with zero attached hydrogens (tertiary/aromatic N) is 2. The molecule has 0 radical (unpaired) electrons. The molecule has 0 fully saturated rings. The van der Waals surface area contributed by atoms with Crippen molar-refractivity contribution >= 4 is 17.4 Å². The normalized spacial score (nSPS) is 13.6. The maximum Gasteiger partial charge on any atom is 0.323 e. The second-order valence-corrected chi connectivity index (χ2v) is 5.19. The van der Waals surface area contributed by atoms with Gasteiger partial charge in [-0.1, -0.05) is 0 Å². The minimum Gasteiger partial charge on any atom is -0.492 e. The topological polar surface area (TPSA) is 98.4 Å². The first-order chi connectivity index (χ1) is 11.1. The second kappa shape index (κ2) is 6.09. The van der Waals surface area contributed by atoms with Crippen LogP contribution in [0.2, 0.25) is 0 Å². The summed E-state index contributed by atoms with van der Waals surface area (Å²) in [6, 6.07) is 8.14.